The molecule has 25 heavy (non-hydrogen) atoms. The Morgan fingerprint density at radius 2 is 0.800 bits per heavy atom. The fourth-order valence-corrected chi connectivity index (χ4v) is 2.03. The second-order valence-corrected chi connectivity index (χ2v) is 5.88. The van der Waals surface area contributed by atoms with Gasteiger partial charge >= 0.3 is 0 Å². The maximum absolute atomic E-state index is 5.59. The van der Waals surface area contributed by atoms with Crippen molar-refractivity contribution in [2.24, 2.45) is 0 Å². The summed E-state index contributed by atoms with van der Waals surface area (Å²) in [4.78, 5) is 0. The minimum absolute atomic E-state index is 0.490. The van der Waals surface area contributed by atoms with Crippen LogP contribution in [0.25, 0.3) is 0 Å². The average Bonchev–Trinajstić information content (AvgIpc) is 2.64. The predicted octanol–water partition coefficient (Wildman–Crippen LogP) is 3.23. The lowest BCUT2D eigenvalue weighted by Crippen LogP contribution is -2.12. The quantitative estimate of drug-likeness (QED) is 0.207. The predicted molar refractivity (Wildman–Crippen MR) is 110 cm³/mol. The summed E-state index contributed by atoms with van der Waals surface area (Å²) in [7, 11) is 0. The van der Waals surface area contributed by atoms with Gasteiger partial charge in [-0.1, -0.05) is 0 Å². The maximum atomic E-state index is 5.59. The van der Waals surface area contributed by atoms with E-state index >= 15 is 0 Å². The van der Waals surface area contributed by atoms with E-state index in [2.05, 4.69) is 0 Å². The van der Waals surface area contributed by atoms with Crippen molar-refractivity contribution in [2.45, 2.75) is 0 Å². The molecule has 9 heteroatoms. The molecule has 1 aromatic carbocycles. The Kier molecular flexibility index (Phi) is 16.2. The maximum Gasteiger partial charge on any atom is 0.119 e. The first kappa shape index (κ1) is 23.1. The Bertz CT molecular complexity index is 406. The van der Waals surface area contributed by atoms with Gasteiger partial charge in [-0.15, -0.1) is 0 Å². The zero-order chi connectivity index (χ0) is 18.0. The third kappa shape index (κ3) is 13.9. The molecular weight excluding hydrogens is 558 g/mol. The summed E-state index contributed by atoms with van der Waals surface area (Å²) in [5.41, 5.74) is 0. The zero-order valence-electron chi connectivity index (χ0n) is 14.0. The Morgan fingerprint density at radius 1 is 0.480 bits per heavy atom. The van der Waals surface area contributed by atoms with Gasteiger partial charge in [0.05, 0.1) is 52.9 Å². The van der Waals surface area contributed by atoms with Gasteiger partial charge in [0, 0.05) is 0 Å². The van der Waals surface area contributed by atoms with E-state index in [4.69, 9.17) is 29.8 Å². The van der Waals surface area contributed by atoms with Crippen LogP contribution in [0.4, 0.5) is 0 Å². The van der Waals surface area contributed by atoms with Crippen LogP contribution in [-0.2, 0) is 20.3 Å². The molecule has 1 aromatic rings. The second-order valence-electron chi connectivity index (χ2n) is 4.63. The van der Waals surface area contributed by atoms with E-state index in [1.54, 1.807) is 0 Å². The minimum Gasteiger partial charge on any atom is -0.491 e. The normalized spacial score (nSPS) is 10.8. The first-order valence-electron chi connectivity index (χ1n) is 7.92. The van der Waals surface area contributed by atoms with Crippen molar-refractivity contribution in [1.82, 2.24) is 0 Å². The number of hydrogen-bond acceptors (Lipinski definition) is 7. The third-order valence-corrected chi connectivity index (χ3v) is 3.68. The summed E-state index contributed by atoms with van der Waals surface area (Å²) in [5.74, 6) is 1.56. The van der Waals surface area contributed by atoms with Crippen molar-refractivity contribution in [2.75, 3.05) is 66.1 Å². The van der Waals surface area contributed by atoms with Crippen LogP contribution in [0, 0.1) is 0 Å². The molecule has 1 rings (SSSR count). The summed E-state index contributed by atoms with van der Waals surface area (Å²) >= 11 is 3.68. The van der Waals surface area contributed by atoms with Crippen molar-refractivity contribution >= 4 is 46.0 Å². The Labute approximate surface area is 177 Å². The lowest BCUT2D eigenvalue weighted by molar-refractivity contribution is 0.0308. The molecule has 0 spiro atoms. The van der Waals surface area contributed by atoms with Gasteiger partial charge < -0.3 is 29.8 Å². The molecule has 0 radical (unpaired) electrons. The van der Waals surface area contributed by atoms with Crippen LogP contribution in [0.2, 0.25) is 0 Å². The average molecular weight is 582 g/mol. The Hall–Kier alpha value is 0.0800. The molecule has 0 aromatic heterocycles. The van der Waals surface area contributed by atoms with Crippen molar-refractivity contribution in [3.63, 3.8) is 0 Å². The van der Waals surface area contributed by atoms with Gasteiger partial charge in [0.25, 0.3) is 0 Å². The number of benzene rings is 1. The van der Waals surface area contributed by atoms with Gasteiger partial charge in [0.15, 0.2) is 0 Å². The molecule has 0 fully saturated rings. The van der Waals surface area contributed by atoms with E-state index in [9.17, 15) is 0 Å². The van der Waals surface area contributed by atoms with Gasteiger partial charge in [-0.2, -0.15) is 0 Å². The van der Waals surface area contributed by atoms with Crippen molar-refractivity contribution in [3.05, 3.63) is 24.3 Å². The first-order valence-corrected chi connectivity index (χ1v) is 9.69. The summed E-state index contributed by atoms with van der Waals surface area (Å²) in [6.45, 7) is 5.46. The largest absolute Gasteiger partial charge is 0.491 e. The van der Waals surface area contributed by atoms with Crippen molar-refractivity contribution in [1.29, 1.82) is 0 Å². The summed E-state index contributed by atoms with van der Waals surface area (Å²) < 4.78 is 36.9. The molecule has 0 aliphatic heterocycles. The van der Waals surface area contributed by atoms with E-state index in [-0.39, 0.29) is 0 Å². The molecule has 0 heterocycles. The van der Waals surface area contributed by atoms with E-state index in [1.807, 2.05) is 70.3 Å². The Morgan fingerprint density at radius 3 is 1.16 bits per heavy atom. The zero-order valence-corrected chi connectivity index (χ0v) is 18.3. The molecule has 0 aliphatic carbocycles. The smallest absolute Gasteiger partial charge is 0.119 e. The molecule has 144 valence electrons. The number of ether oxygens (including phenoxy) is 5. The molecule has 0 bridgehead atoms. The van der Waals surface area contributed by atoms with Crippen LogP contribution in [0.5, 0.6) is 11.5 Å². The van der Waals surface area contributed by atoms with Crippen molar-refractivity contribution < 1.29 is 29.8 Å². The lowest BCUT2D eigenvalue weighted by atomic mass is 10.3. The molecule has 0 saturated heterocycles. The number of hydrogen-bond donors (Lipinski definition) is 0. The number of halogens is 2. The van der Waals surface area contributed by atoms with E-state index in [0.717, 1.165) is 11.5 Å². The summed E-state index contributed by atoms with van der Waals surface area (Å²) in [6.07, 6.45) is 0. The molecule has 0 amide bonds. The lowest BCUT2D eigenvalue weighted by Gasteiger charge is -2.09. The highest BCUT2D eigenvalue weighted by Crippen LogP contribution is 2.17. The molecular formula is C16H24I2O7. The standard InChI is InChI=1S/C16H24I2O7/c17-24-13-9-20-6-5-19-7-11-22-15-1-3-16(4-2-15)23-12-8-21-10-14-25-18/h1-4H,5-14H2. The topological polar surface area (TPSA) is 64.6 Å². The Balaban J connectivity index is 1.99. The van der Waals surface area contributed by atoms with E-state index < -0.39 is 0 Å². The van der Waals surface area contributed by atoms with Gasteiger partial charge in [-0.25, -0.2) is 0 Å². The molecule has 7 nitrogen and oxygen atoms in total. The van der Waals surface area contributed by atoms with Crippen LogP contribution >= 0.6 is 46.0 Å². The van der Waals surface area contributed by atoms with Crippen LogP contribution in [-0.4, -0.2) is 66.1 Å². The van der Waals surface area contributed by atoms with Crippen LogP contribution in [0.3, 0.4) is 0 Å². The van der Waals surface area contributed by atoms with Gasteiger partial charge in [0.1, 0.15) is 70.7 Å². The fourth-order valence-electron chi connectivity index (χ4n) is 1.67. The molecule has 0 aliphatic rings. The minimum atomic E-state index is 0.490. The molecule has 0 saturated carbocycles. The third-order valence-electron chi connectivity index (χ3n) is 2.80. The second kappa shape index (κ2) is 17.5. The highest BCUT2D eigenvalue weighted by atomic mass is 127. The van der Waals surface area contributed by atoms with Crippen LogP contribution < -0.4 is 9.47 Å². The van der Waals surface area contributed by atoms with Gasteiger partial charge in [-0.05, 0) is 24.3 Å². The van der Waals surface area contributed by atoms with E-state index in [1.165, 1.54) is 0 Å². The molecule has 0 unspecified atom stereocenters. The fraction of sp³-hybridized carbons (Fsp3) is 0.625. The molecule has 0 N–H and O–H groups in total. The molecule has 0 atom stereocenters. The summed E-state index contributed by atoms with van der Waals surface area (Å²) in [5, 5.41) is 0. The first-order chi connectivity index (χ1) is 12.4. The van der Waals surface area contributed by atoms with E-state index in [0.29, 0.717) is 66.1 Å². The highest BCUT2D eigenvalue weighted by Gasteiger charge is 1.98. The highest BCUT2D eigenvalue weighted by molar-refractivity contribution is 14.1. The summed E-state index contributed by atoms with van der Waals surface area (Å²) in [6, 6.07) is 7.47. The monoisotopic (exact) mass is 582 g/mol. The van der Waals surface area contributed by atoms with Crippen LogP contribution in [0.15, 0.2) is 24.3 Å². The van der Waals surface area contributed by atoms with Crippen molar-refractivity contribution in [3.8, 4) is 11.5 Å². The van der Waals surface area contributed by atoms with Crippen LogP contribution in [0.1, 0.15) is 0 Å². The number of rotatable bonds is 17. The van der Waals surface area contributed by atoms with Gasteiger partial charge in [-0.3, -0.25) is 0 Å². The SMILES string of the molecule is IOCCOCCOCCOc1ccc(OCCOCCOI)cc1. The van der Waals surface area contributed by atoms with Gasteiger partial charge in [0.2, 0.25) is 0 Å².